The van der Waals surface area contributed by atoms with Gasteiger partial charge in [-0.3, -0.25) is 0 Å². The van der Waals surface area contributed by atoms with Crippen LogP contribution in [0.3, 0.4) is 0 Å². The predicted molar refractivity (Wildman–Crippen MR) is 59.5 cm³/mol. The van der Waals surface area contributed by atoms with Crippen molar-refractivity contribution in [3.8, 4) is 0 Å². The summed E-state index contributed by atoms with van der Waals surface area (Å²) in [6, 6.07) is 0. The van der Waals surface area contributed by atoms with Gasteiger partial charge in [-0.2, -0.15) is 4.98 Å². The van der Waals surface area contributed by atoms with Gasteiger partial charge in [-0.1, -0.05) is 32.3 Å². The average Bonchev–Trinajstić information content (AvgIpc) is 2.61. The summed E-state index contributed by atoms with van der Waals surface area (Å²) in [7, 11) is 0. The van der Waals surface area contributed by atoms with Gasteiger partial charge in [-0.05, 0) is 12.3 Å². The van der Waals surface area contributed by atoms with Gasteiger partial charge in [0.05, 0.1) is 5.92 Å². The minimum Gasteiger partial charge on any atom is -0.339 e. The van der Waals surface area contributed by atoms with Crippen LogP contribution in [0.2, 0.25) is 0 Å². The van der Waals surface area contributed by atoms with Gasteiger partial charge >= 0.3 is 0 Å². The molecule has 0 amide bonds. The van der Waals surface area contributed by atoms with E-state index in [0.717, 1.165) is 25.1 Å². The van der Waals surface area contributed by atoms with Crippen molar-refractivity contribution in [2.24, 2.45) is 11.7 Å². The summed E-state index contributed by atoms with van der Waals surface area (Å²) >= 11 is 0. The van der Waals surface area contributed by atoms with E-state index in [4.69, 9.17) is 10.3 Å². The predicted octanol–water partition coefficient (Wildman–Crippen LogP) is 2.11. The largest absolute Gasteiger partial charge is 0.339 e. The summed E-state index contributed by atoms with van der Waals surface area (Å²) in [6.45, 7) is 7.00. The van der Waals surface area contributed by atoms with E-state index in [-0.39, 0.29) is 5.92 Å². The van der Waals surface area contributed by atoms with Crippen LogP contribution in [-0.2, 0) is 6.42 Å². The van der Waals surface area contributed by atoms with E-state index >= 15 is 0 Å². The van der Waals surface area contributed by atoms with Gasteiger partial charge in [0.15, 0.2) is 5.82 Å². The van der Waals surface area contributed by atoms with Crippen LogP contribution in [-0.4, -0.2) is 16.7 Å². The zero-order valence-electron chi connectivity index (χ0n) is 9.86. The zero-order valence-corrected chi connectivity index (χ0v) is 9.86. The molecule has 0 aromatic carbocycles. The van der Waals surface area contributed by atoms with Gasteiger partial charge in [0, 0.05) is 13.0 Å². The SMILES string of the molecule is CCCC(CN)c1nc(CC(C)C)no1. The van der Waals surface area contributed by atoms with Crippen LogP contribution >= 0.6 is 0 Å². The fourth-order valence-electron chi connectivity index (χ4n) is 1.57. The first-order valence-corrected chi connectivity index (χ1v) is 5.69. The summed E-state index contributed by atoms with van der Waals surface area (Å²) < 4.78 is 5.23. The highest BCUT2D eigenvalue weighted by Gasteiger charge is 2.16. The Hall–Kier alpha value is -0.900. The molecule has 0 aliphatic carbocycles. The van der Waals surface area contributed by atoms with Gasteiger partial charge in [0.2, 0.25) is 5.89 Å². The van der Waals surface area contributed by atoms with Gasteiger partial charge in [-0.15, -0.1) is 0 Å². The Morgan fingerprint density at radius 1 is 1.40 bits per heavy atom. The molecular weight excluding hydrogens is 190 g/mol. The zero-order chi connectivity index (χ0) is 11.3. The molecule has 0 spiro atoms. The number of nitrogens with zero attached hydrogens (tertiary/aromatic N) is 2. The lowest BCUT2D eigenvalue weighted by atomic mass is 10.0. The Labute approximate surface area is 91.2 Å². The van der Waals surface area contributed by atoms with Gasteiger partial charge in [0.1, 0.15) is 0 Å². The Morgan fingerprint density at radius 2 is 2.13 bits per heavy atom. The molecule has 4 heteroatoms. The Balaban J connectivity index is 2.64. The molecule has 2 N–H and O–H groups in total. The highest BCUT2D eigenvalue weighted by molar-refractivity contribution is 4.95. The molecule has 0 aliphatic rings. The molecule has 1 rings (SSSR count). The summed E-state index contributed by atoms with van der Waals surface area (Å²) in [6.07, 6.45) is 2.97. The van der Waals surface area contributed by atoms with Crippen molar-refractivity contribution in [1.29, 1.82) is 0 Å². The number of rotatable bonds is 6. The molecule has 4 nitrogen and oxygen atoms in total. The maximum atomic E-state index is 5.67. The second kappa shape index (κ2) is 5.85. The Kier molecular flexibility index (Phi) is 4.75. The lowest BCUT2D eigenvalue weighted by molar-refractivity contribution is 0.342. The topological polar surface area (TPSA) is 64.9 Å². The molecule has 1 atom stereocenters. The van der Waals surface area contributed by atoms with Crippen molar-refractivity contribution in [3.63, 3.8) is 0 Å². The molecular formula is C11H21N3O. The van der Waals surface area contributed by atoms with Crippen LogP contribution in [0.1, 0.15) is 51.2 Å². The third-order valence-corrected chi connectivity index (χ3v) is 2.35. The molecule has 0 fully saturated rings. The van der Waals surface area contributed by atoms with Crippen LogP contribution in [0.4, 0.5) is 0 Å². The third kappa shape index (κ3) is 3.63. The molecule has 86 valence electrons. The highest BCUT2D eigenvalue weighted by Crippen LogP contribution is 2.18. The lowest BCUT2D eigenvalue weighted by Crippen LogP contribution is -2.12. The van der Waals surface area contributed by atoms with Gasteiger partial charge in [0.25, 0.3) is 0 Å². The number of aromatic nitrogens is 2. The quantitative estimate of drug-likeness (QED) is 0.782. The second-order valence-electron chi connectivity index (χ2n) is 4.37. The first kappa shape index (κ1) is 12.2. The van der Waals surface area contributed by atoms with Crippen LogP contribution < -0.4 is 5.73 Å². The van der Waals surface area contributed by atoms with E-state index in [0.29, 0.717) is 18.4 Å². The molecule has 0 saturated heterocycles. The molecule has 1 aromatic heterocycles. The average molecular weight is 211 g/mol. The third-order valence-electron chi connectivity index (χ3n) is 2.35. The summed E-state index contributed by atoms with van der Waals surface area (Å²) in [5, 5.41) is 3.97. The molecule has 0 aliphatic heterocycles. The van der Waals surface area contributed by atoms with Crippen molar-refractivity contribution in [2.75, 3.05) is 6.54 Å². The van der Waals surface area contributed by atoms with Crippen LogP contribution in [0, 0.1) is 5.92 Å². The Bertz CT molecular complexity index is 283. The van der Waals surface area contributed by atoms with E-state index < -0.39 is 0 Å². The minimum absolute atomic E-state index is 0.225. The van der Waals surface area contributed by atoms with Crippen molar-refractivity contribution >= 4 is 0 Å². The van der Waals surface area contributed by atoms with Crippen LogP contribution in [0.5, 0.6) is 0 Å². The fourth-order valence-corrected chi connectivity index (χ4v) is 1.57. The second-order valence-corrected chi connectivity index (χ2v) is 4.37. The maximum Gasteiger partial charge on any atom is 0.231 e. The van der Waals surface area contributed by atoms with Crippen molar-refractivity contribution < 1.29 is 4.52 Å². The summed E-state index contributed by atoms with van der Waals surface area (Å²) in [5.74, 6) is 2.28. The molecule has 1 heterocycles. The van der Waals surface area contributed by atoms with Crippen molar-refractivity contribution in [3.05, 3.63) is 11.7 Å². The lowest BCUT2D eigenvalue weighted by Gasteiger charge is -2.06. The normalized spacial score (nSPS) is 13.4. The first-order valence-electron chi connectivity index (χ1n) is 5.69. The molecule has 15 heavy (non-hydrogen) atoms. The highest BCUT2D eigenvalue weighted by atomic mass is 16.5. The number of hydrogen-bond acceptors (Lipinski definition) is 4. The Morgan fingerprint density at radius 3 is 2.67 bits per heavy atom. The standard InChI is InChI=1S/C11H21N3O/c1-4-5-9(7-12)11-13-10(14-15-11)6-8(2)3/h8-9H,4-7,12H2,1-3H3. The van der Waals surface area contributed by atoms with E-state index in [1.807, 2.05) is 0 Å². The molecule has 0 radical (unpaired) electrons. The molecule has 1 unspecified atom stereocenters. The number of nitrogens with two attached hydrogens (primary N) is 1. The monoisotopic (exact) mass is 211 g/mol. The maximum absolute atomic E-state index is 5.67. The molecule has 0 bridgehead atoms. The molecule has 0 saturated carbocycles. The van der Waals surface area contributed by atoms with E-state index in [1.165, 1.54) is 0 Å². The van der Waals surface area contributed by atoms with E-state index in [1.54, 1.807) is 0 Å². The van der Waals surface area contributed by atoms with Crippen molar-refractivity contribution in [2.45, 2.75) is 46.0 Å². The number of hydrogen-bond donors (Lipinski definition) is 1. The van der Waals surface area contributed by atoms with E-state index in [9.17, 15) is 0 Å². The van der Waals surface area contributed by atoms with Gasteiger partial charge < -0.3 is 10.3 Å². The fraction of sp³-hybridized carbons (Fsp3) is 0.818. The smallest absolute Gasteiger partial charge is 0.231 e. The van der Waals surface area contributed by atoms with Crippen molar-refractivity contribution in [1.82, 2.24) is 10.1 Å². The first-order chi connectivity index (χ1) is 7.17. The minimum atomic E-state index is 0.225. The van der Waals surface area contributed by atoms with Crippen LogP contribution in [0.15, 0.2) is 4.52 Å². The summed E-state index contributed by atoms with van der Waals surface area (Å²) in [4.78, 5) is 4.38. The van der Waals surface area contributed by atoms with Crippen LogP contribution in [0.25, 0.3) is 0 Å². The van der Waals surface area contributed by atoms with Gasteiger partial charge in [-0.25, -0.2) is 0 Å². The molecule has 1 aromatic rings. The van der Waals surface area contributed by atoms with E-state index in [2.05, 4.69) is 30.9 Å². The summed E-state index contributed by atoms with van der Waals surface area (Å²) in [5.41, 5.74) is 5.67.